The van der Waals surface area contributed by atoms with Crippen molar-refractivity contribution < 1.29 is 13.7 Å². The van der Waals surface area contributed by atoms with Crippen LogP contribution >= 0.6 is 11.6 Å². The summed E-state index contributed by atoms with van der Waals surface area (Å²) >= 11 is 6.09. The molecular weight excluding hydrogens is 374 g/mol. The van der Waals surface area contributed by atoms with E-state index in [0.29, 0.717) is 32.4 Å². The van der Waals surface area contributed by atoms with E-state index in [9.17, 15) is 9.00 Å². The third-order valence-corrected chi connectivity index (χ3v) is 4.90. The number of nitrogens with zero attached hydrogens (tertiary/aromatic N) is 1. The van der Waals surface area contributed by atoms with Crippen molar-refractivity contribution in [2.75, 3.05) is 12.4 Å². The Bertz CT molecular complexity index is 1010. The molecule has 1 amide bonds. The summed E-state index contributed by atoms with van der Waals surface area (Å²) in [6.45, 7) is 0. The minimum Gasteiger partial charge on any atom is -0.481 e. The number of nitrogens with two attached hydrogens (primary N) is 1. The quantitative estimate of drug-likeness (QED) is 0.701. The summed E-state index contributed by atoms with van der Waals surface area (Å²) in [6, 6.07) is 13.8. The number of amides is 1. The molecule has 8 heteroatoms. The Labute approximate surface area is 157 Å². The Morgan fingerprint density at radius 1 is 1.27 bits per heavy atom. The fourth-order valence-corrected chi connectivity index (χ4v) is 3.39. The van der Waals surface area contributed by atoms with Crippen LogP contribution in [0.1, 0.15) is 5.56 Å². The van der Waals surface area contributed by atoms with Gasteiger partial charge in [0.2, 0.25) is 11.8 Å². The van der Waals surface area contributed by atoms with Crippen LogP contribution in [0.2, 0.25) is 5.02 Å². The van der Waals surface area contributed by atoms with E-state index in [2.05, 4.69) is 10.3 Å². The van der Waals surface area contributed by atoms with E-state index in [0.717, 1.165) is 5.56 Å². The van der Waals surface area contributed by atoms with Gasteiger partial charge in [0.15, 0.2) is 0 Å². The van der Waals surface area contributed by atoms with E-state index in [1.165, 1.54) is 7.11 Å². The molecule has 0 aliphatic heterocycles. The molecule has 0 aliphatic carbocycles. The van der Waals surface area contributed by atoms with Gasteiger partial charge >= 0.3 is 0 Å². The number of ether oxygens (including phenoxy) is 1. The van der Waals surface area contributed by atoms with Crippen molar-refractivity contribution in [1.29, 1.82) is 0 Å². The predicted octanol–water partition coefficient (Wildman–Crippen LogP) is 3.06. The molecule has 6 nitrogen and oxygen atoms in total. The molecule has 0 spiro atoms. The van der Waals surface area contributed by atoms with E-state index in [4.69, 9.17) is 21.5 Å². The SMILES string of the molecule is COc1ccc2c(S(N)=O)cc(NC(=O)Cc3ccccc3Cl)cc2n1. The fourth-order valence-electron chi connectivity index (χ4n) is 2.55. The lowest BCUT2D eigenvalue weighted by Gasteiger charge is -2.11. The Morgan fingerprint density at radius 2 is 2.04 bits per heavy atom. The maximum Gasteiger partial charge on any atom is 0.228 e. The maximum atomic E-state index is 12.4. The first-order valence-corrected chi connectivity index (χ1v) is 9.25. The lowest BCUT2D eigenvalue weighted by atomic mass is 10.1. The second kappa shape index (κ2) is 7.82. The number of rotatable bonds is 5. The number of halogens is 1. The molecule has 3 rings (SSSR count). The van der Waals surface area contributed by atoms with E-state index < -0.39 is 11.0 Å². The smallest absolute Gasteiger partial charge is 0.228 e. The summed E-state index contributed by atoms with van der Waals surface area (Å²) in [5.74, 6) is 0.153. The molecule has 26 heavy (non-hydrogen) atoms. The molecule has 0 saturated heterocycles. The molecule has 0 bridgehead atoms. The Morgan fingerprint density at radius 3 is 2.73 bits per heavy atom. The van der Waals surface area contributed by atoms with Crippen LogP contribution in [-0.4, -0.2) is 22.2 Å². The summed E-state index contributed by atoms with van der Waals surface area (Å²) in [5.41, 5.74) is 1.69. The average Bonchev–Trinajstić information content (AvgIpc) is 2.62. The Hall–Kier alpha value is -2.48. The highest BCUT2D eigenvalue weighted by molar-refractivity contribution is 7.83. The number of methoxy groups -OCH3 is 1. The third kappa shape index (κ3) is 4.01. The molecule has 1 aromatic heterocycles. The molecule has 0 radical (unpaired) electrons. The molecule has 1 atom stereocenters. The number of aromatic nitrogens is 1. The van der Waals surface area contributed by atoms with Crippen LogP contribution in [-0.2, 0) is 22.2 Å². The zero-order valence-corrected chi connectivity index (χ0v) is 15.4. The van der Waals surface area contributed by atoms with Gasteiger partial charge in [-0.3, -0.25) is 4.79 Å². The first kappa shape index (κ1) is 18.3. The number of pyridine rings is 1. The van der Waals surface area contributed by atoms with Gasteiger partial charge in [0.05, 0.1) is 23.9 Å². The standard InChI is InChI=1S/C18H16ClN3O3S/c1-25-18-7-6-13-15(22-18)9-12(10-16(13)26(20)24)21-17(23)8-11-4-2-3-5-14(11)19/h2-7,9-10H,8,20H2,1H3,(H,21,23). The molecule has 3 N–H and O–H groups in total. The minimum absolute atomic E-state index is 0.115. The highest BCUT2D eigenvalue weighted by atomic mass is 35.5. The molecule has 3 aromatic rings. The summed E-state index contributed by atoms with van der Waals surface area (Å²) in [6.07, 6.45) is 0.115. The number of hydrogen-bond donors (Lipinski definition) is 2. The van der Waals surface area contributed by atoms with Gasteiger partial charge in [-0.25, -0.2) is 14.3 Å². The third-order valence-electron chi connectivity index (χ3n) is 3.76. The normalized spacial score (nSPS) is 12.0. The number of hydrogen-bond acceptors (Lipinski definition) is 4. The summed E-state index contributed by atoms with van der Waals surface area (Å²) < 4.78 is 17.0. The van der Waals surface area contributed by atoms with Crippen molar-refractivity contribution >= 4 is 45.1 Å². The van der Waals surface area contributed by atoms with Gasteiger partial charge in [-0.05, 0) is 29.8 Å². The van der Waals surface area contributed by atoms with Gasteiger partial charge in [-0.2, -0.15) is 0 Å². The van der Waals surface area contributed by atoms with E-state index >= 15 is 0 Å². The predicted molar refractivity (Wildman–Crippen MR) is 103 cm³/mol. The highest BCUT2D eigenvalue weighted by Crippen LogP contribution is 2.27. The van der Waals surface area contributed by atoms with Crippen LogP contribution < -0.4 is 15.2 Å². The molecule has 2 aromatic carbocycles. The van der Waals surface area contributed by atoms with Gasteiger partial charge in [0, 0.05) is 22.2 Å². The van der Waals surface area contributed by atoms with Gasteiger partial charge in [-0.15, -0.1) is 0 Å². The lowest BCUT2D eigenvalue weighted by Crippen LogP contribution is -2.15. The highest BCUT2D eigenvalue weighted by Gasteiger charge is 2.13. The zero-order chi connectivity index (χ0) is 18.7. The van der Waals surface area contributed by atoms with Crippen molar-refractivity contribution in [3.63, 3.8) is 0 Å². The molecule has 0 aliphatic rings. The lowest BCUT2D eigenvalue weighted by molar-refractivity contribution is -0.115. The first-order chi connectivity index (χ1) is 12.5. The molecule has 134 valence electrons. The monoisotopic (exact) mass is 389 g/mol. The van der Waals surface area contributed by atoms with Crippen LogP contribution in [0.4, 0.5) is 5.69 Å². The molecule has 1 heterocycles. The second-order valence-corrected chi connectivity index (χ2v) is 6.95. The zero-order valence-electron chi connectivity index (χ0n) is 13.9. The van der Waals surface area contributed by atoms with Crippen LogP contribution in [0.3, 0.4) is 0 Å². The Kier molecular flexibility index (Phi) is 5.51. The summed E-state index contributed by atoms with van der Waals surface area (Å²) in [7, 11) is -0.227. The number of carbonyl (C=O) groups is 1. The van der Waals surface area contributed by atoms with E-state index in [1.54, 1.807) is 42.5 Å². The van der Waals surface area contributed by atoms with E-state index in [-0.39, 0.29) is 12.3 Å². The summed E-state index contributed by atoms with van der Waals surface area (Å²) in [5, 5.41) is 9.51. The number of carbonyl (C=O) groups excluding carboxylic acids is 1. The van der Waals surface area contributed by atoms with Crippen LogP contribution in [0.25, 0.3) is 10.9 Å². The van der Waals surface area contributed by atoms with Crippen LogP contribution in [0.5, 0.6) is 5.88 Å². The molecule has 1 unspecified atom stereocenters. The minimum atomic E-state index is -1.73. The van der Waals surface area contributed by atoms with Crippen molar-refractivity contribution in [3.05, 3.63) is 59.1 Å². The Balaban J connectivity index is 1.93. The van der Waals surface area contributed by atoms with Crippen molar-refractivity contribution in [2.24, 2.45) is 5.14 Å². The summed E-state index contributed by atoms with van der Waals surface area (Å²) in [4.78, 5) is 17.1. The van der Waals surface area contributed by atoms with Crippen LogP contribution in [0, 0.1) is 0 Å². The van der Waals surface area contributed by atoms with Crippen molar-refractivity contribution in [2.45, 2.75) is 11.3 Å². The van der Waals surface area contributed by atoms with Crippen molar-refractivity contribution in [3.8, 4) is 5.88 Å². The molecule has 0 fully saturated rings. The van der Waals surface area contributed by atoms with E-state index in [1.807, 2.05) is 6.07 Å². The second-order valence-electron chi connectivity index (χ2n) is 5.51. The fraction of sp³-hybridized carbons (Fsp3) is 0.111. The maximum absolute atomic E-state index is 12.4. The number of benzene rings is 2. The number of anilines is 1. The van der Waals surface area contributed by atoms with Gasteiger partial charge in [0.25, 0.3) is 0 Å². The van der Waals surface area contributed by atoms with Crippen molar-refractivity contribution in [1.82, 2.24) is 4.98 Å². The molecule has 0 saturated carbocycles. The number of fused-ring (bicyclic) bond motifs is 1. The topological polar surface area (TPSA) is 94.3 Å². The number of nitrogens with one attached hydrogen (secondary N) is 1. The van der Waals surface area contributed by atoms with Gasteiger partial charge in [0.1, 0.15) is 11.0 Å². The average molecular weight is 390 g/mol. The largest absolute Gasteiger partial charge is 0.481 e. The van der Waals surface area contributed by atoms with Gasteiger partial charge < -0.3 is 10.1 Å². The molecular formula is C18H16ClN3O3S. The first-order valence-electron chi connectivity index (χ1n) is 7.66. The van der Waals surface area contributed by atoms with Crippen LogP contribution in [0.15, 0.2) is 53.4 Å². The van der Waals surface area contributed by atoms with Gasteiger partial charge in [-0.1, -0.05) is 29.8 Å².